The zero-order valence-electron chi connectivity index (χ0n) is 11.5. The van der Waals surface area contributed by atoms with E-state index in [0.717, 1.165) is 24.7 Å². The standard InChI is InChI=1S/C15H24N2O/c1-3-5-12-8-9-17(11-12)13-6-7-14(16-10-13)15(18)4-2/h6-7,10,12,15,18H,3-5,8-9,11H2,1-2H3. The van der Waals surface area contributed by atoms with E-state index in [1.165, 1.54) is 24.9 Å². The fraction of sp³-hybridized carbons (Fsp3) is 0.667. The number of aromatic nitrogens is 1. The first-order chi connectivity index (χ1) is 8.74. The quantitative estimate of drug-likeness (QED) is 0.869. The smallest absolute Gasteiger partial charge is 0.0957 e. The second-order valence-corrected chi connectivity index (χ2v) is 5.25. The van der Waals surface area contributed by atoms with Crippen molar-refractivity contribution in [3.8, 4) is 0 Å². The molecule has 2 unspecified atom stereocenters. The van der Waals surface area contributed by atoms with Gasteiger partial charge >= 0.3 is 0 Å². The highest BCUT2D eigenvalue weighted by Gasteiger charge is 2.22. The molecule has 0 saturated carbocycles. The number of nitrogens with zero attached hydrogens (tertiary/aromatic N) is 2. The van der Waals surface area contributed by atoms with Crippen molar-refractivity contribution in [2.45, 2.75) is 45.6 Å². The van der Waals surface area contributed by atoms with E-state index >= 15 is 0 Å². The summed E-state index contributed by atoms with van der Waals surface area (Å²) in [5, 5.41) is 9.72. The van der Waals surface area contributed by atoms with Crippen LogP contribution in [0.3, 0.4) is 0 Å². The van der Waals surface area contributed by atoms with E-state index in [2.05, 4.69) is 22.9 Å². The van der Waals surface area contributed by atoms with Crippen molar-refractivity contribution < 1.29 is 5.11 Å². The van der Waals surface area contributed by atoms with Gasteiger partial charge in [-0.1, -0.05) is 20.3 Å². The summed E-state index contributed by atoms with van der Waals surface area (Å²) in [7, 11) is 0. The fourth-order valence-electron chi connectivity index (χ4n) is 2.70. The third kappa shape index (κ3) is 3.02. The topological polar surface area (TPSA) is 36.4 Å². The molecule has 0 spiro atoms. The lowest BCUT2D eigenvalue weighted by Gasteiger charge is -2.19. The van der Waals surface area contributed by atoms with Crippen LogP contribution in [0.5, 0.6) is 0 Å². The van der Waals surface area contributed by atoms with E-state index in [-0.39, 0.29) is 0 Å². The lowest BCUT2D eigenvalue weighted by Crippen LogP contribution is -2.19. The molecule has 100 valence electrons. The Bertz CT molecular complexity index is 363. The minimum absolute atomic E-state index is 0.425. The van der Waals surface area contributed by atoms with Gasteiger partial charge in [0.15, 0.2) is 0 Å². The molecule has 1 N–H and O–H groups in total. The van der Waals surface area contributed by atoms with Crippen LogP contribution in [0.25, 0.3) is 0 Å². The summed E-state index contributed by atoms with van der Waals surface area (Å²) >= 11 is 0. The third-order valence-corrected chi connectivity index (χ3v) is 3.85. The van der Waals surface area contributed by atoms with Gasteiger partial charge in [0.25, 0.3) is 0 Å². The second kappa shape index (κ2) is 6.19. The molecule has 2 heterocycles. The summed E-state index contributed by atoms with van der Waals surface area (Å²) in [6.07, 6.45) is 6.10. The van der Waals surface area contributed by atoms with Crippen LogP contribution in [0, 0.1) is 5.92 Å². The van der Waals surface area contributed by atoms with Gasteiger partial charge in [-0.15, -0.1) is 0 Å². The van der Waals surface area contributed by atoms with Gasteiger partial charge in [-0.25, -0.2) is 0 Å². The minimum atomic E-state index is -0.425. The van der Waals surface area contributed by atoms with Gasteiger partial charge in [0.1, 0.15) is 0 Å². The van der Waals surface area contributed by atoms with Crippen LogP contribution in [-0.4, -0.2) is 23.2 Å². The predicted octanol–water partition coefficient (Wildman–Crippen LogP) is 3.15. The Morgan fingerprint density at radius 2 is 2.28 bits per heavy atom. The van der Waals surface area contributed by atoms with Crippen molar-refractivity contribution in [1.82, 2.24) is 4.98 Å². The van der Waals surface area contributed by atoms with Gasteiger partial charge in [-0.05, 0) is 37.3 Å². The number of hydrogen-bond acceptors (Lipinski definition) is 3. The zero-order valence-corrected chi connectivity index (χ0v) is 11.5. The van der Waals surface area contributed by atoms with Crippen molar-refractivity contribution in [2.24, 2.45) is 5.92 Å². The van der Waals surface area contributed by atoms with Crippen LogP contribution in [0.15, 0.2) is 18.3 Å². The van der Waals surface area contributed by atoms with E-state index in [0.29, 0.717) is 6.42 Å². The number of hydrogen-bond donors (Lipinski definition) is 1. The number of rotatable bonds is 5. The molecule has 0 aromatic carbocycles. The Labute approximate surface area is 110 Å². The van der Waals surface area contributed by atoms with Crippen LogP contribution in [0.2, 0.25) is 0 Å². The van der Waals surface area contributed by atoms with Gasteiger partial charge in [0.05, 0.1) is 23.7 Å². The van der Waals surface area contributed by atoms with Crippen molar-refractivity contribution in [2.75, 3.05) is 18.0 Å². The molecule has 2 rings (SSSR count). The highest BCUT2D eigenvalue weighted by molar-refractivity contribution is 5.45. The molecule has 1 aromatic heterocycles. The summed E-state index contributed by atoms with van der Waals surface area (Å²) in [6, 6.07) is 4.05. The first kappa shape index (κ1) is 13.3. The minimum Gasteiger partial charge on any atom is -0.387 e. The summed E-state index contributed by atoms with van der Waals surface area (Å²) in [6.45, 7) is 6.52. The summed E-state index contributed by atoms with van der Waals surface area (Å²) in [5.41, 5.74) is 1.98. The van der Waals surface area contributed by atoms with E-state index in [4.69, 9.17) is 0 Å². The van der Waals surface area contributed by atoms with E-state index < -0.39 is 6.10 Å². The fourth-order valence-corrected chi connectivity index (χ4v) is 2.70. The highest BCUT2D eigenvalue weighted by atomic mass is 16.3. The maximum Gasteiger partial charge on any atom is 0.0957 e. The third-order valence-electron chi connectivity index (χ3n) is 3.85. The molecular weight excluding hydrogens is 224 g/mol. The molecule has 3 heteroatoms. The van der Waals surface area contributed by atoms with Crippen molar-refractivity contribution in [3.05, 3.63) is 24.0 Å². The normalized spacial score (nSPS) is 21.3. The molecule has 0 aliphatic carbocycles. The van der Waals surface area contributed by atoms with Crippen molar-refractivity contribution in [3.63, 3.8) is 0 Å². The molecule has 0 bridgehead atoms. The monoisotopic (exact) mass is 248 g/mol. The molecule has 0 amide bonds. The number of pyridine rings is 1. The second-order valence-electron chi connectivity index (χ2n) is 5.25. The Morgan fingerprint density at radius 1 is 1.44 bits per heavy atom. The summed E-state index contributed by atoms with van der Waals surface area (Å²) < 4.78 is 0. The van der Waals surface area contributed by atoms with Gasteiger partial charge in [-0.3, -0.25) is 4.98 Å². The summed E-state index contributed by atoms with van der Waals surface area (Å²) in [5.74, 6) is 0.843. The Balaban J connectivity index is 1.98. The first-order valence-electron chi connectivity index (χ1n) is 7.13. The van der Waals surface area contributed by atoms with Gasteiger partial charge in [-0.2, -0.15) is 0 Å². The average molecular weight is 248 g/mol. The largest absolute Gasteiger partial charge is 0.387 e. The van der Waals surface area contributed by atoms with Crippen LogP contribution < -0.4 is 4.90 Å². The molecule has 3 nitrogen and oxygen atoms in total. The molecular formula is C15H24N2O. The number of aliphatic hydroxyl groups is 1. The predicted molar refractivity (Wildman–Crippen MR) is 74.7 cm³/mol. The first-order valence-corrected chi connectivity index (χ1v) is 7.13. The Kier molecular flexibility index (Phi) is 4.59. The molecule has 1 aliphatic rings. The maximum atomic E-state index is 9.72. The van der Waals surface area contributed by atoms with Crippen molar-refractivity contribution in [1.29, 1.82) is 0 Å². The van der Waals surface area contributed by atoms with E-state index in [9.17, 15) is 5.11 Å². The molecule has 1 saturated heterocycles. The summed E-state index contributed by atoms with van der Waals surface area (Å²) in [4.78, 5) is 6.79. The SMILES string of the molecule is CCCC1CCN(c2ccc(C(O)CC)nc2)C1. The molecule has 1 aromatic rings. The van der Waals surface area contributed by atoms with Gasteiger partial charge in [0.2, 0.25) is 0 Å². The van der Waals surface area contributed by atoms with Gasteiger partial charge < -0.3 is 10.0 Å². The maximum absolute atomic E-state index is 9.72. The lowest BCUT2D eigenvalue weighted by atomic mass is 10.0. The van der Waals surface area contributed by atoms with Crippen LogP contribution in [0.1, 0.15) is 51.3 Å². The molecule has 1 fully saturated rings. The van der Waals surface area contributed by atoms with Crippen LogP contribution >= 0.6 is 0 Å². The van der Waals surface area contributed by atoms with Crippen molar-refractivity contribution >= 4 is 5.69 Å². The number of aliphatic hydroxyl groups excluding tert-OH is 1. The van der Waals surface area contributed by atoms with Crippen LogP contribution in [-0.2, 0) is 0 Å². The highest BCUT2D eigenvalue weighted by Crippen LogP contribution is 2.26. The average Bonchev–Trinajstić information content (AvgIpc) is 2.87. The molecule has 0 radical (unpaired) electrons. The lowest BCUT2D eigenvalue weighted by molar-refractivity contribution is 0.169. The van der Waals surface area contributed by atoms with E-state index in [1.54, 1.807) is 0 Å². The Hall–Kier alpha value is -1.09. The molecule has 2 atom stereocenters. The van der Waals surface area contributed by atoms with E-state index in [1.807, 2.05) is 19.2 Å². The molecule has 18 heavy (non-hydrogen) atoms. The molecule has 1 aliphatic heterocycles. The zero-order chi connectivity index (χ0) is 13.0. The Morgan fingerprint density at radius 3 is 2.89 bits per heavy atom. The number of anilines is 1. The van der Waals surface area contributed by atoms with Gasteiger partial charge in [0, 0.05) is 13.1 Å². The van der Waals surface area contributed by atoms with Crippen LogP contribution in [0.4, 0.5) is 5.69 Å².